The molecule has 0 bridgehead atoms. The van der Waals surface area contributed by atoms with Crippen molar-refractivity contribution in [1.82, 2.24) is 5.43 Å². The van der Waals surface area contributed by atoms with Crippen LogP contribution in [0.25, 0.3) is 10.8 Å². The Labute approximate surface area is 187 Å². The van der Waals surface area contributed by atoms with Crippen molar-refractivity contribution in [1.29, 1.82) is 0 Å². The SMILES string of the molecule is COc1ccc(C(=O)Oc2ccc3ccccc3c2/C=N\NC(=O)C2CCCCC2)cc1. The first kappa shape index (κ1) is 21.6. The summed E-state index contributed by atoms with van der Waals surface area (Å²) >= 11 is 0. The normalized spacial score (nSPS) is 14.4. The van der Waals surface area contributed by atoms with Crippen LogP contribution in [0.3, 0.4) is 0 Å². The minimum Gasteiger partial charge on any atom is -0.497 e. The van der Waals surface area contributed by atoms with Gasteiger partial charge in [0.2, 0.25) is 5.91 Å². The molecule has 1 saturated carbocycles. The first-order valence-electron chi connectivity index (χ1n) is 10.9. The lowest BCUT2D eigenvalue weighted by atomic mass is 9.89. The van der Waals surface area contributed by atoms with Gasteiger partial charge in [-0.05, 0) is 53.9 Å². The molecule has 32 heavy (non-hydrogen) atoms. The predicted octanol–water partition coefficient (Wildman–Crippen LogP) is 5.10. The van der Waals surface area contributed by atoms with Crippen LogP contribution in [0.2, 0.25) is 0 Å². The van der Waals surface area contributed by atoms with Crippen LogP contribution in [0.4, 0.5) is 0 Å². The number of nitrogens with one attached hydrogen (secondary N) is 1. The highest BCUT2D eigenvalue weighted by atomic mass is 16.5. The number of fused-ring (bicyclic) bond motifs is 1. The molecule has 3 aromatic rings. The molecular weight excluding hydrogens is 404 g/mol. The van der Waals surface area contributed by atoms with E-state index >= 15 is 0 Å². The highest BCUT2D eigenvalue weighted by Crippen LogP contribution is 2.28. The maximum Gasteiger partial charge on any atom is 0.343 e. The first-order chi connectivity index (χ1) is 15.7. The fourth-order valence-electron chi connectivity index (χ4n) is 4.00. The number of hydrazone groups is 1. The number of rotatable bonds is 6. The molecule has 0 atom stereocenters. The van der Waals surface area contributed by atoms with Crippen LogP contribution in [-0.2, 0) is 4.79 Å². The molecule has 0 aromatic heterocycles. The van der Waals surface area contributed by atoms with Gasteiger partial charge in [0.1, 0.15) is 11.5 Å². The average molecular weight is 431 g/mol. The molecule has 0 heterocycles. The van der Waals surface area contributed by atoms with Crippen molar-refractivity contribution in [3.63, 3.8) is 0 Å². The summed E-state index contributed by atoms with van der Waals surface area (Å²) in [6.45, 7) is 0. The minimum absolute atomic E-state index is 0.0146. The molecule has 6 nitrogen and oxygen atoms in total. The molecule has 1 amide bonds. The fraction of sp³-hybridized carbons (Fsp3) is 0.269. The quantitative estimate of drug-likeness (QED) is 0.256. The number of ether oxygens (including phenoxy) is 2. The third kappa shape index (κ3) is 4.97. The third-order valence-corrected chi connectivity index (χ3v) is 5.80. The van der Waals surface area contributed by atoms with Crippen LogP contribution in [0.15, 0.2) is 65.8 Å². The summed E-state index contributed by atoms with van der Waals surface area (Å²) in [5.74, 6) is 0.511. The van der Waals surface area contributed by atoms with Gasteiger partial charge in [0.15, 0.2) is 0 Å². The zero-order chi connectivity index (χ0) is 22.3. The van der Waals surface area contributed by atoms with Gasteiger partial charge in [-0.25, -0.2) is 10.2 Å². The molecule has 6 heteroatoms. The summed E-state index contributed by atoms with van der Waals surface area (Å²) in [6.07, 6.45) is 6.71. The van der Waals surface area contributed by atoms with E-state index in [1.807, 2.05) is 30.3 Å². The van der Waals surface area contributed by atoms with E-state index in [0.29, 0.717) is 22.6 Å². The molecule has 1 N–H and O–H groups in total. The van der Waals surface area contributed by atoms with Gasteiger partial charge in [-0.3, -0.25) is 4.79 Å². The molecule has 1 aliphatic carbocycles. The van der Waals surface area contributed by atoms with Gasteiger partial charge in [0.25, 0.3) is 0 Å². The van der Waals surface area contributed by atoms with Gasteiger partial charge >= 0.3 is 5.97 Å². The van der Waals surface area contributed by atoms with Crippen LogP contribution in [0.5, 0.6) is 11.5 Å². The molecule has 1 fully saturated rings. The Morgan fingerprint density at radius 1 is 0.969 bits per heavy atom. The summed E-state index contributed by atoms with van der Waals surface area (Å²) in [7, 11) is 1.57. The molecule has 0 unspecified atom stereocenters. The van der Waals surface area contributed by atoms with Crippen molar-refractivity contribution in [2.24, 2.45) is 11.0 Å². The van der Waals surface area contributed by atoms with E-state index in [9.17, 15) is 9.59 Å². The molecule has 0 saturated heterocycles. The van der Waals surface area contributed by atoms with E-state index < -0.39 is 5.97 Å². The highest BCUT2D eigenvalue weighted by Gasteiger charge is 2.20. The summed E-state index contributed by atoms with van der Waals surface area (Å²) in [4.78, 5) is 25.1. The molecule has 0 radical (unpaired) electrons. The van der Waals surface area contributed by atoms with Crippen LogP contribution >= 0.6 is 0 Å². The monoisotopic (exact) mass is 430 g/mol. The van der Waals surface area contributed by atoms with Crippen LogP contribution in [-0.4, -0.2) is 25.2 Å². The second kappa shape index (κ2) is 10.1. The second-order valence-electron chi connectivity index (χ2n) is 7.89. The Bertz CT molecular complexity index is 1130. The zero-order valence-corrected chi connectivity index (χ0v) is 18.0. The smallest absolute Gasteiger partial charge is 0.343 e. The number of methoxy groups -OCH3 is 1. The summed E-state index contributed by atoms with van der Waals surface area (Å²) < 4.78 is 10.8. The minimum atomic E-state index is -0.483. The lowest BCUT2D eigenvalue weighted by molar-refractivity contribution is -0.125. The Balaban J connectivity index is 1.57. The molecule has 1 aliphatic rings. The maximum atomic E-state index is 12.7. The van der Waals surface area contributed by atoms with Crippen LogP contribution < -0.4 is 14.9 Å². The number of carbonyl (C=O) groups excluding carboxylic acids is 2. The first-order valence-corrected chi connectivity index (χ1v) is 10.9. The average Bonchev–Trinajstić information content (AvgIpc) is 2.85. The Hall–Kier alpha value is -3.67. The summed E-state index contributed by atoms with van der Waals surface area (Å²) in [6, 6.07) is 18.1. The van der Waals surface area contributed by atoms with E-state index in [-0.39, 0.29) is 11.8 Å². The number of hydrogen-bond acceptors (Lipinski definition) is 5. The fourth-order valence-corrected chi connectivity index (χ4v) is 4.00. The standard InChI is InChI=1S/C26H26N2O4/c1-31-21-14-11-20(12-15-21)26(30)32-24-16-13-18-7-5-6-10-22(18)23(24)17-27-28-25(29)19-8-3-2-4-9-19/h5-7,10-17,19H,2-4,8-9H2,1H3,(H,28,29)/b27-17-. The third-order valence-electron chi connectivity index (χ3n) is 5.80. The van der Waals surface area contributed by atoms with Crippen molar-refractivity contribution >= 4 is 28.9 Å². The van der Waals surface area contributed by atoms with Gasteiger partial charge in [-0.1, -0.05) is 49.6 Å². The van der Waals surface area contributed by atoms with Gasteiger partial charge in [-0.15, -0.1) is 0 Å². The van der Waals surface area contributed by atoms with E-state index in [1.54, 1.807) is 43.7 Å². The summed E-state index contributed by atoms with van der Waals surface area (Å²) in [5, 5.41) is 6.06. The molecule has 0 aliphatic heterocycles. The van der Waals surface area contributed by atoms with Crippen LogP contribution in [0, 0.1) is 5.92 Å². The second-order valence-corrected chi connectivity index (χ2v) is 7.89. The number of amides is 1. The number of nitrogens with zero attached hydrogens (tertiary/aromatic N) is 1. The number of benzene rings is 3. The topological polar surface area (TPSA) is 77.0 Å². The van der Waals surface area contributed by atoms with Crippen molar-refractivity contribution in [3.8, 4) is 11.5 Å². The number of carbonyl (C=O) groups is 2. The molecule has 3 aromatic carbocycles. The van der Waals surface area contributed by atoms with E-state index in [1.165, 1.54) is 6.42 Å². The van der Waals surface area contributed by atoms with E-state index in [2.05, 4.69) is 10.5 Å². The van der Waals surface area contributed by atoms with E-state index in [4.69, 9.17) is 9.47 Å². The maximum absolute atomic E-state index is 12.7. The Kier molecular flexibility index (Phi) is 6.80. The van der Waals surface area contributed by atoms with Crippen molar-refractivity contribution in [2.45, 2.75) is 32.1 Å². The van der Waals surface area contributed by atoms with Crippen molar-refractivity contribution in [3.05, 3.63) is 71.8 Å². The van der Waals surface area contributed by atoms with Gasteiger partial charge in [-0.2, -0.15) is 5.10 Å². The Morgan fingerprint density at radius 2 is 1.72 bits per heavy atom. The lowest BCUT2D eigenvalue weighted by Gasteiger charge is -2.19. The van der Waals surface area contributed by atoms with Crippen LogP contribution in [0.1, 0.15) is 48.0 Å². The molecule has 0 spiro atoms. The summed E-state index contributed by atoms with van der Waals surface area (Å²) in [5.41, 5.74) is 3.71. The Morgan fingerprint density at radius 3 is 2.47 bits per heavy atom. The van der Waals surface area contributed by atoms with Crippen molar-refractivity contribution in [2.75, 3.05) is 7.11 Å². The highest BCUT2D eigenvalue weighted by molar-refractivity contribution is 6.04. The lowest BCUT2D eigenvalue weighted by Crippen LogP contribution is -2.28. The molecule has 4 rings (SSSR count). The van der Waals surface area contributed by atoms with Gasteiger partial charge < -0.3 is 9.47 Å². The molecule has 164 valence electrons. The molecular formula is C26H26N2O4. The zero-order valence-electron chi connectivity index (χ0n) is 18.0. The number of esters is 1. The van der Waals surface area contributed by atoms with Crippen molar-refractivity contribution < 1.29 is 19.1 Å². The van der Waals surface area contributed by atoms with Gasteiger partial charge in [0, 0.05) is 11.5 Å². The van der Waals surface area contributed by atoms with E-state index in [0.717, 1.165) is 36.5 Å². The predicted molar refractivity (Wildman–Crippen MR) is 124 cm³/mol. The van der Waals surface area contributed by atoms with Gasteiger partial charge in [0.05, 0.1) is 18.9 Å². The number of hydrogen-bond donors (Lipinski definition) is 1. The largest absolute Gasteiger partial charge is 0.497 e.